The number of nitrogens with one attached hydrogen (secondary N) is 1. The van der Waals surface area contributed by atoms with Crippen LogP contribution in [0.15, 0.2) is 0 Å². The second kappa shape index (κ2) is 4.42. The highest BCUT2D eigenvalue weighted by atomic mass is 19.4. The van der Waals surface area contributed by atoms with Gasteiger partial charge in [0.2, 0.25) is 0 Å². The van der Waals surface area contributed by atoms with Crippen molar-refractivity contribution in [1.82, 2.24) is 15.5 Å². The summed E-state index contributed by atoms with van der Waals surface area (Å²) in [7, 11) is 0. The van der Waals surface area contributed by atoms with Gasteiger partial charge in [-0.25, -0.2) is 4.79 Å². The first-order valence-corrected chi connectivity index (χ1v) is 5.68. The molecule has 1 N–H and O–H groups in total. The highest BCUT2D eigenvalue weighted by molar-refractivity contribution is 6.06. The third kappa shape index (κ3) is 2.74. The zero-order valence-corrected chi connectivity index (χ0v) is 9.59. The second-order valence-corrected chi connectivity index (χ2v) is 4.64. The van der Waals surface area contributed by atoms with Gasteiger partial charge in [-0.2, -0.15) is 18.5 Å². The average molecular weight is 264 g/mol. The van der Waals surface area contributed by atoms with Crippen molar-refractivity contribution >= 4 is 11.9 Å². The zero-order chi connectivity index (χ0) is 13.4. The number of carbonyl (C=O) groups excluding carboxylic acids is 2. The van der Waals surface area contributed by atoms with Crippen molar-refractivity contribution in [2.45, 2.75) is 31.0 Å². The molecular formula is C10H13F3N3O2. The van der Waals surface area contributed by atoms with E-state index in [1.54, 1.807) is 4.90 Å². The molecule has 2 aliphatic heterocycles. The van der Waals surface area contributed by atoms with Crippen molar-refractivity contribution < 1.29 is 22.8 Å². The van der Waals surface area contributed by atoms with Gasteiger partial charge in [0, 0.05) is 19.6 Å². The Morgan fingerprint density at radius 3 is 2.33 bits per heavy atom. The summed E-state index contributed by atoms with van der Waals surface area (Å²) >= 11 is 0. The zero-order valence-electron chi connectivity index (χ0n) is 9.59. The van der Waals surface area contributed by atoms with Crippen LogP contribution >= 0.6 is 0 Å². The SMILES string of the molecule is O=C1[N]C(=O)C2(CCN(CCC(F)(F)F)CC2)N1. The third-order valence-electron chi connectivity index (χ3n) is 3.38. The van der Waals surface area contributed by atoms with Crippen molar-refractivity contribution in [3.8, 4) is 0 Å². The molecule has 0 aromatic heterocycles. The number of nitrogens with zero attached hydrogens (tertiary/aromatic N) is 2. The minimum Gasteiger partial charge on any atom is -0.321 e. The fraction of sp³-hybridized carbons (Fsp3) is 0.800. The highest BCUT2D eigenvalue weighted by Crippen LogP contribution is 2.27. The van der Waals surface area contributed by atoms with Gasteiger partial charge in [0.1, 0.15) is 5.54 Å². The van der Waals surface area contributed by atoms with E-state index in [4.69, 9.17) is 0 Å². The molecule has 2 fully saturated rings. The first kappa shape index (κ1) is 13.1. The van der Waals surface area contributed by atoms with Crippen LogP contribution in [0.5, 0.6) is 0 Å². The predicted octanol–water partition coefficient (Wildman–Crippen LogP) is 0.628. The topological polar surface area (TPSA) is 63.5 Å². The van der Waals surface area contributed by atoms with E-state index >= 15 is 0 Å². The predicted molar refractivity (Wildman–Crippen MR) is 54.7 cm³/mol. The van der Waals surface area contributed by atoms with E-state index in [-0.39, 0.29) is 6.54 Å². The van der Waals surface area contributed by atoms with Crippen molar-refractivity contribution in [2.24, 2.45) is 0 Å². The number of rotatable bonds is 2. The van der Waals surface area contributed by atoms with Crippen molar-refractivity contribution in [2.75, 3.05) is 19.6 Å². The van der Waals surface area contributed by atoms with Gasteiger partial charge in [0.15, 0.2) is 0 Å². The van der Waals surface area contributed by atoms with Gasteiger partial charge in [-0.3, -0.25) is 4.79 Å². The van der Waals surface area contributed by atoms with Crippen LogP contribution in [-0.4, -0.2) is 48.2 Å². The average Bonchev–Trinajstić information content (AvgIpc) is 2.52. The van der Waals surface area contributed by atoms with Crippen molar-refractivity contribution in [3.05, 3.63) is 0 Å². The number of piperidine rings is 1. The van der Waals surface area contributed by atoms with Gasteiger partial charge in [0.05, 0.1) is 6.42 Å². The molecular weight excluding hydrogens is 251 g/mol. The van der Waals surface area contributed by atoms with Crippen molar-refractivity contribution in [1.29, 1.82) is 0 Å². The first-order chi connectivity index (χ1) is 8.31. The molecule has 2 rings (SSSR count). The minimum atomic E-state index is -4.16. The Morgan fingerprint density at radius 1 is 1.28 bits per heavy atom. The quantitative estimate of drug-likeness (QED) is 0.744. The molecule has 0 aromatic carbocycles. The maximum absolute atomic E-state index is 12.1. The summed E-state index contributed by atoms with van der Waals surface area (Å²) in [4.78, 5) is 24.2. The standard InChI is InChI=1S/C10H13F3N3O2/c11-10(12,13)3-6-16-4-1-9(2-5-16)7(17)14-8(18)15-9/h1-6H2,(H,15,18). The summed E-state index contributed by atoms with van der Waals surface area (Å²) in [5.41, 5.74) is -0.966. The molecule has 3 amide bonds. The number of halogens is 3. The molecule has 1 spiro atoms. The molecule has 0 aromatic rings. The molecule has 0 unspecified atom stereocenters. The number of urea groups is 1. The summed E-state index contributed by atoms with van der Waals surface area (Å²) in [6.45, 7) is 0.647. The van der Waals surface area contributed by atoms with Gasteiger partial charge in [-0.05, 0) is 12.8 Å². The first-order valence-electron chi connectivity index (χ1n) is 5.68. The Kier molecular flexibility index (Phi) is 3.22. The van der Waals surface area contributed by atoms with Gasteiger partial charge in [0.25, 0.3) is 5.91 Å². The van der Waals surface area contributed by atoms with Crippen LogP contribution in [-0.2, 0) is 4.79 Å². The third-order valence-corrected chi connectivity index (χ3v) is 3.38. The van der Waals surface area contributed by atoms with E-state index in [1.807, 2.05) is 0 Å². The fourth-order valence-electron chi connectivity index (χ4n) is 2.27. The van der Waals surface area contributed by atoms with Crippen LogP contribution in [0.3, 0.4) is 0 Å². The Morgan fingerprint density at radius 2 is 1.89 bits per heavy atom. The van der Waals surface area contributed by atoms with Gasteiger partial charge in [-0.1, -0.05) is 0 Å². The molecule has 0 saturated carbocycles. The van der Waals surface area contributed by atoms with Gasteiger partial charge in [-0.15, -0.1) is 0 Å². The summed E-state index contributed by atoms with van der Waals surface area (Å²) in [6, 6.07) is -0.649. The maximum Gasteiger partial charge on any atom is 0.390 e. The van der Waals surface area contributed by atoms with Crippen LogP contribution < -0.4 is 10.6 Å². The summed E-state index contributed by atoms with van der Waals surface area (Å²) in [5.74, 6) is -0.497. The Hall–Kier alpha value is -1.31. The summed E-state index contributed by atoms with van der Waals surface area (Å²) < 4.78 is 36.2. The van der Waals surface area contributed by atoms with E-state index in [0.717, 1.165) is 0 Å². The van der Waals surface area contributed by atoms with Gasteiger partial charge < -0.3 is 10.2 Å². The smallest absolute Gasteiger partial charge is 0.321 e. The number of imide groups is 1. The normalized spacial score (nSPS) is 24.2. The monoisotopic (exact) mass is 264 g/mol. The van der Waals surface area contributed by atoms with E-state index in [1.165, 1.54) is 0 Å². The lowest BCUT2D eigenvalue weighted by Gasteiger charge is -2.36. The number of alkyl halides is 3. The molecule has 18 heavy (non-hydrogen) atoms. The summed E-state index contributed by atoms with van der Waals surface area (Å²) in [5, 5.41) is 5.80. The van der Waals surface area contributed by atoms with Crippen LogP contribution in [0.2, 0.25) is 0 Å². The lowest BCUT2D eigenvalue weighted by atomic mass is 9.87. The number of likely N-dealkylation sites (tertiary alicyclic amines) is 1. The molecule has 0 aliphatic carbocycles. The minimum absolute atomic E-state index is 0.0706. The Bertz CT molecular complexity index is 362. The number of hydrogen-bond acceptors (Lipinski definition) is 3. The molecule has 101 valence electrons. The lowest BCUT2D eigenvalue weighted by Crippen LogP contribution is -2.54. The molecule has 2 saturated heterocycles. The van der Waals surface area contributed by atoms with Crippen LogP contribution in [0.1, 0.15) is 19.3 Å². The van der Waals surface area contributed by atoms with Gasteiger partial charge >= 0.3 is 12.2 Å². The van der Waals surface area contributed by atoms with E-state index in [0.29, 0.717) is 25.9 Å². The van der Waals surface area contributed by atoms with Crippen molar-refractivity contribution in [3.63, 3.8) is 0 Å². The van der Waals surface area contributed by atoms with Crippen LogP contribution in [0, 0.1) is 0 Å². The number of carbonyl (C=O) groups is 2. The Balaban J connectivity index is 1.85. The number of amides is 3. The fourth-order valence-corrected chi connectivity index (χ4v) is 2.27. The van der Waals surface area contributed by atoms with E-state index < -0.39 is 30.1 Å². The maximum atomic E-state index is 12.1. The number of hydrogen-bond donors (Lipinski definition) is 1. The molecule has 0 atom stereocenters. The lowest BCUT2D eigenvalue weighted by molar-refractivity contribution is -0.140. The van der Waals surface area contributed by atoms with E-state index in [2.05, 4.69) is 10.6 Å². The van der Waals surface area contributed by atoms with Crippen LogP contribution in [0.25, 0.3) is 0 Å². The second-order valence-electron chi connectivity index (χ2n) is 4.64. The molecule has 2 aliphatic rings. The van der Waals surface area contributed by atoms with E-state index in [9.17, 15) is 22.8 Å². The molecule has 5 nitrogen and oxygen atoms in total. The molecule has 8 heteroatoms. The van der Waals surface area contributed by atoms with Crippen LogP contribution in [0.4, 0.5) is 18.0 Å². The molecule has 0 bridgehead atoms. The highest BCUT2D eigenvalue weighted by Gasteiger charge is 2.49. The molecule has 1 radical (unpaired) electrons. The molecule has 2 heterocycles. The summed E-state index contributed by atoms with van der Waals surface area (Å²) in [6.07, 6.45) is -4.38. The Labute approximate surface area is 102 Å². The largest absolute Gasteiger partial charge is 0.390 e.